The second-order valence-corrected chi connectivity index (χ2v) is 3.96. The molecule has 102 valence electrons. The highest BCUT2D eigenvalue weighted by Gasteiger charge is 2.16. The van der Waals surface area contributed by atoms with Crippen LogP contribution in [-0.4, -0.2) is 62.4 Å². The lowest BCUT2D eigenvalue weighted by Gasteiger charge is -2.23. The minimum Gasteiger partial charge on any atom is -0.347 e. The van der Waals surface area contributed by atoms with E-state index in [1.54, 1.807) is 19.0 Å². The number of hydrogen-bond donors (Lipinski definition) is 1. The van der Waals surface area contributed by atoms with Crippen molar-refractivity contribution in [1.82, 2.24) is 15.1 Å². The van der Waals surface area contributed by atoms with Gasteiger partial charge in [0.2, 0.25) is 11.8 Å². The van der Waals surface area contributed by atoms with Gasteiger partial charge in [-0.15, -0.1) is 12.4 Å². The molecular formula is C11H24ClN3O2. The Balaban J connectivity index is 0. The lowest BCUT2D eigenvalue weighted by molar-refractivity contribution is -0.139. The average molecular weight is 266 g/mol. The van der Waals surface area contributed by atoms with Gasteiger partial charge < -0.3 is 15.1 Å². The van der Waals surface area contributed by atoms with Gasteiger partial charge >= 0.3 is 0 Å². The summed E-state index contributed by atoms with van der Waals surface area (Å²) in [4.78, 5) is 26.4. The first-order chi connectivity index (χ1) is 7.52. The van der Waals surface area contributed by atoms with Crippen LogP contribution in [0.1, 0.15) is 19.8 Å². The quantitative estimate of drug-likeness (QED) is 0.723. The Hall–Kier alpha value is -0.810. The van der Waals surface area contributed by atoms with Crippen LogP contribution in [0, 0.1) is 0 Å². The van der Waals surface area contributed by atoms with E-state index in [4.69, 9.17) is 0 Å². The standard InChI is InChI=1S/C11H23N3O2.ClH/c1-5-8-14(9-11(16)13(3)4)10(15)6-7-12-2;/h12H,5-9H2,1-4H3;1H. The summed E-state index contributed by atoms with van der Waals surface area (Å²) < 4.78 is 0. The van der Waals surface area contributed by atoms with E-state index in [0.717, 1.165) is 6.42 Å². The second kappa shape index (κ2) is 10.4. The smallest absolute Gasteiger partial charge is 0.241 e. The van der Waals surface area contributed by atoms with Gasteiger partial charge in [-0.3, -0.25) is 9.59 Å². The molecule has 0 aromatic carbocycles. The molecule has 1 N–H and O–H groups in total. The fourth-order valence-electron chi connectivity index (χ4n) is 1.26. The maximum atomic E-state index is 11.8. The molecule has 2 amide bonds. The van der Waals surface area contributed by atoms with E-state index in [-0.39, 0.29) is 30.8 Å². The third kappa shape index (κ3) is 7.99. The van der Waals surface area contributed by atoms with Gasteiger partial charge in [0.05, 0.1) is 6.54 Å². The van der Waals surface area contributed by atoms with E-state index in [9.17, 15) is 9.59 Å². The van der Waals surface area contributed by atoms with Crippen LogP contribution in [-0.2, 0) is 9.59 Å². The van der Waals surface area contributed by atoms with Crippen molar-refractivity contribution in [3.05, 3.63) is 0 Å². The minimum atomic E-state index is -0.0359. The SMILES string of the molecule is CCCN(CC(=O)N(C)C)C(=O)CCNC.Cl. The Morgan fingerprint density at radius 1 is 1.18 bits per heavy atom. The number of nitrogens with one attached hydrogen (secondary N) is 1. The Bertz CT molecular complexity index is 235. The molecule has 0 heterocycles. The zero-order chi connectivity index (χ0) is 12.6. The van der Waals surface area contributed by atoms with Crippen LogP contribution in [0.3, 0.4) is 0 Å². The lowest BCUT2D eigenvalue weighted by atomic mass is 10.3. The largest absolute Gasteiger partial charge is 0.347 e. The van der Waals surface area contributed by atoms with Gasteiger partial charge in [0, 0.05) is 33.6 Å². The Morgan fingerprint density at radius 2 is 1.76 bits per heavy atom. The zero-order valence-corrected chi connectivity index (χ0v) is 12.0. The fourth-order valence-corrected chi connectivity index (χ4v) is 1.26. The summed E-state index contributed by atoms with van der Waals surface area (Å²) >= 11 is 0. The van der Waals surface area contributed by atoms with Crippen molar-refractivity contribution >= 4 is 24.2 Å². The van der Waals surface area contributed by atoms with Crippen LogP contribution in [0.2, 0.25) is 0 Å². The molecule has 0 aliphatic heterocycles. The predicted molar refractivity (Wildman–Crippen MR) is 71.4 cm³/mol. The summed E-state index contributed by atoms with van der Waals surface area (Å²) in [5.74, 6) is -0.00217. The molecule has 0 aliphatic rings. The van der Waals surface area contributed by atoms with Crippen molar-refractivity contribution in [3.63, 3.8) is 0 Å². The van der Waals surface area contributed by atoms with Gasteiger partial charge in [-0.05, 0) is 13.5 Å². The lowest BCUT2D eigenvalue weighted by Crippen LogP contribution is -2.41. The molecular weight excluding hydrogens is 242 g/mol. The minimum absolute atomic E-state index is 0. The second-order valence-electron chi connectivity index (χ2n) is 3.96. The molecule has 6 heteroatoms. The van der Waals surface area contributed by atoms with Crippen molar-refractivity contribution in [2.75, 3.05) is 40.8 Å². The molecule has 0 fully saturated rings. The Kier molecular flexibility index (Phi) is 11.3. The number of rotatable bonds is 7. The zero-order valence-electron chi connectivity index (χ0n) is 11.2. The normalized spacial score (nSPS) is 9.41. The van der Waals surface area contributed by atoms with E-state index < -0.39 is 0 Å². The van der Waals surface area contributed by atoms with Crippen LogP contribution >= 0.6 is 12.4 Å². The number of carbonyl (C=O) groups excluding carboxylic acids is 2. The van der Waals surface area contributed by atoms with E-state index in [2.05, 4.69) is 5.32 Å². The molecule has 0 aromatic rings. The van der Waals surface area contributed by atoms with Crippen molar-refractivity contribution in [2.24, 2.45) is 0 Å². The molecule has 0 atom stereocenters. The molecule has 0 aromatic heterocycles. The van der Waals surface area contributed by atoms with Gasteiger partial charge in [0.25, 0.3) is 0 Å². The summed E-state index contributed by atoms with van der Waals surface area (Å²) in [7, 11) is 5.21. The molecule has 17 heavy (non-hydrogen) atoms. The topological polar surface area (TPSA) is 52.7 Å². The van der Waals surface area contributed by atoms with Crippen LogP contribution in [0.15, 0.2) is 0 Å². The van der Waals surface area contributed by atoms with Gasteiger partial charge in [-0.25, -0.2) is 0 Å². The van der Waals surface area contributed by atoms with Crippen LogP contribution in [0.4, 0.5) is 0 Å². The fraction of sp³-hybridized carbons (Fsp3) is 0.818. The van der Waals surface area contributed by atoms with Crippen LogP contribution < -0.4 is 5.32 Å². The molecule has 0 radical (unpaired) electrons. The van der Waals surface area contributed by atoms with E-state index >= 15 is 0 Å². The maximum Gasteiger partial charge on any atom is 0.241 e. The third-order valence-corrected chi connectivity index (χ3v) is 2.26. The Labute approximate surface area is 110 Å². The maximum absolute atomic E-state index is 11.8. The van der Waals surface area contributed by atoms with Crippen molar-refractivity contribution in [3.8, 4) is 0 Å². The van der Waals surface area contributed by atoms with E-state index in [1.165, 1.54) is 4.90 Å². The highest BCUT2D eigenvalue weighted by atomic mass is 35.5. The first-order valence-corrected chi connectivity index (χ1v) is 5.65. The molecule has 0 saturated carbocycles. The number of carbonyl (C=O) groups is 2. The number of hydrogen-bond acceptors (Lipinski definition) is 3. The van der Waals surface area contributed by atoms with Gasteiger partial charge in [-0.2, -0.15) is 0 Å². The van der Waals surface area contributed by atoms with Crippen LogP contribution in [0.25, 0.3) is 0 Å². The molecule has 0 saturated heterocycles. The van der Waals surface area contributed by atoms with E-state index in [1.807, 2.05) is 14.0 Å². The summed E-state index contributed by atoms with van der Waals surface area (Å²) in [6, 6.07) is 0. The molecule has 0 spiro atoms. The monoisotopic (exact) mass is 265 g/mol. The van der Waals surface area contributed by atoms with Gasteiger partial charge in [0.1, 0.15) is 0 Å². The average Bonchev–Trinajstić information content (AvgIpc) is 2.24. The summed E-state index contributed by atoms with van der Waals surface area (Å²) in [5, 5.41) is 2.93. The number of nitrogens with zero attached hydrogens (tertiary/aromatic N) is 2. The summed E-state index contributed by atoms with van der Waals surface area (Å²) in [6.07, 6.45) is 1.31. The predicted octanol–water partition coefficient (Wildman–Crippen LogP) is 0.345. The van der Waals surface area contributed by atoms with Gasteiger partial charge in [-0.1, -0.05) is 6.92 Å². The summed E-state index contributed by atoms with van der Waals surface area (Å²) in [6.45, 7) is 3.47. The van der Waals surface area contributed by atoms with Crippen molar-refractivity contribution in [2.45, 2.75) is 19.8 Å². The molecule has 0 bridgehead atoms. The third-order valence-electron chi connectivity index (χ3n) is 2.26. The first-order valence-electron chi connectivity index (χ1n) is 5.65. The number of amides is 2. The molecule has 0 aliphatic carbocycles. The van der Waals surface area contributed by atoms with Crippen LogP contribution in [0.5, 0.6) is 0 Å². The first kappa shape index (κ1) is 18.6. The van der Waals surface area contributed by atoms with E-state index in [0.29, 0.717) is 19.5 Å². The summed E-state index contributed by atoms with van der Waals surface area (Å²) in [5.41, 5.74) is 0. The highest BCUT2D eigenvalue weighted by molar-refractivity contribution is 5.85. The molecule has 0 rings (SSSR count). The molecule has 0 unspecified atom stereocenters. The molecule has 5 nitrogen and oxygen atoms in total. The number of halogens is 1. The van der Waals surface area contributed by atoms with Crippen molar-refractivity contribution < 1.29 is 9.59 Å². The number of likely N-dealkylation sites (N-methyl/N-ethyl adjacent to an activating group) is 1. The highest BCUT2D eigenvalue weighted by Crippen LogP contribution is 1.97. The van der Waals surface area contributed by atoms with Gasteiger partial charge in [0.15, 0.2) is 0 Å². The Morgan fingerprint density at radius 3 is 2.18 bits per heavy atom. The van der Waals surface area contributed by atoms with Crippen molar-refractivity contribution in [1.29, 1.82) is 0 Å².